The Bertz CT molecular complexity index is 550. The van der Waals surface area contributed by atoms with Crippen molar-refractivity contribution in [3.8, 4) is 0 Å². The average molecular weight is 257 g/mol. The van der Waals surface area contributed by atoms with Crippen molar-refractivity contribution in [2.75, 3.05) is 6.54 Å². The van der Waals surface area contributed by atoms with E-state index < -0.39 is 0 Å². The van der Waals surface area contributed by atoms with Gasteiger partial charge in [0.15, 0.2) is 0 Å². The molecular formula is C16H23N3. The maximum atomic E-state index is 5.76. The molecule has 0 spiro atoms. The highest BCUT2D eigenvalue weighted by molar-refractivity contribution is 5.76. The number of imidazole rings is 1. The quantitative estimate of drug-likeness (QED) is 0.886. The lowest BCUT2D eigenvalue weighted by Gasteiger charge is -2.26. The molecule has 2 aromatic rings. The summed E-state index contributed by atoms with van der Waals surface area (Å²) in [6.45, 7) is 3.03. The van der Waals surface area contributed by atoms with Crippen LogP contribution in [-0.4, -0.2) is 16.5 Å². The lowest BCUT2D eigenvalue weighted by molar-refractivity contribution is 0.326. The van der Waals surface area contributed by atoms with E-state index in [1.807, 2.05) is 0 Å². The van der Waals surface area contributed by atoms with Crippen LogP contribution in [0, 0.1) is 5.92 Å². The maximum absolute atomic E-state index is 5.76. The number of nitrogens with zero attached hydrogens (tertiary/aromatic N) is 1. The second kappa shape index (κ2) is 5.33. The van der Waals surface area contributed by atoms with Gasteiger partial charge in [0.2, 0.25) is 0 Å². The van der Waals surface area contributed by atoms with Crippen molar-refractivity contribution in [3.63, 3.8) is 0 Å². The highest BCUT2D eigenvalue weighted by Gasteiger charge is 2.23. The smallest absolute Gasteiger partial charge is 0.110 e. The molecule has 0 amide bonds. The molecule has 3 rings (SSSR count). The van der Waals surface area contributed by atoms with Gasteiger partial charge >= 0.3 is 0 Å². The molecule has 0 atom stereocenters. The van der Waals surface area contributed by atoms with Crippen molar-refractivity contribution >= 4 is 11.0 Å². The summed E-state index contributed by atoms with van der Waals surface area (Å²) in [5.41, 5.74) is 9.42. The van der Waals surface area contributed by atoms with E-state index in [0.717, 1.165) is 24.4 Å². The molecular weight excluding hydrogens is 234 g/mol. The minimum Gasteiger partial charge on any atom is -0.342 e. The van der Waals surface area contributed by atoms with E-state index in [2.05, 4.69) is 30.1 Å². The topological polar surface area (TPSA) is 54.7 Å². The van der Waals surface area contributed by atoms with Gasteiger partial charge in [0.25, 0.3) is 0 Å². The minimum atomic E-state index is 0.597. The highest BCUT2D eigenvalue weighted by Crippen LogP contribution is 2.34. The number of nitrogens with two attached hydrogens (primary N) is 1. The third-order valence-electron chi connectivity index (χ3n) is 4.54. The predicted octanol–water partition coefficient (Wildman–Crippen LogP) is 3.36. The number of hydrogen-bond donors (Lipinski definition) is 2. The van der Waals surface area contributed by atoms with Gasteiger partial charge in [0.05, 0.1) is 11.0 Å². The number of aromatic nitrogens is 2. The Kier molecular flexibility index (Phi) is 3.56. The fraction of sp³-hybridized carbons (Fsp3) is 0.562. The lowest BCUT2D eigenvalue weighted by Crippen LogP contribution is -2.21. The van der Waals surface area contributed by atoms with Crippen LogP contribution in [-0.2, 0) is 6.42 Å². The zero-order valence-corrected chi connectivity index (χ0v) is 11.7. The van der Waals surface area contributed by atoms with Gasteiger partial charge in [-0.2, -0.15) is 0 Å². The van der Waals surface area contributed by atoms with Gasteiger partial charge in [-0.25, -0.2) is 4.98 Å². The van der Waals surface area contributed by atoms with Gasteiger partial charge in [-0.05, 0) is 62.3 Å². The minimum absolute atomic E-state index is 0.597. The van der Waals surface area contributed by atoms with Crippen LogP contribution >= 0.6 is 0 Å². The van der Waals surface area contributed by atoms with Crippen LogP contribution in [0.4, 0.5) is 0 Å². The van der Waals surface area contributed by atoms with Gasteiger partial charge in [0, 0.05) is 5.92 Å². The normalized spacial score (nSPS) is 23.9. The van der Waals surface area contributed by atoms with E-state index in [4.69, 9.17) is 10.7 Å². The molecule has 0 bridgehead atoms. The first-order valence-corrected chi connectivity index (χ1v) is 7.48. The molecule has 1 aliphatic rings. The van der Waals surface area contributed by atoms with Gasteiger partial charge < -0.3 is 10.7 Å². The van der Waals surface area contributed by atoms with Gasteiger partial charge in [-0.1, -0.05) is 13.0 Å². The van der Waals surface area contributed by atoms with Crippen molar-refractivity contribution < 1.29 is 0 Å². The van der Waals surface area contributed by atoms with Crippen LogP contribution in [0.25, 0.3) is 11.0 Å². The van der Waals surface area contributed by atoms with Crippen LogP contribution in [0.3, 0.4) is 0 Å². The van der Waals surface area contributed by atoms with E-state index in [-0.39, 0.29) is 0 Å². The monoisotopic (exact) mass is 257 g/mol. The number of nitrogens with one attached hydrogen (secondary N) is 1. The van der Waals surface area contributed by atoms with Gasteiger partial charge in [0.1, 0.15) is 5.82 Å². The van der Waals surface area contributed by atoms with Crippen molar-refractivity contribution in [2.24, 2.45) is 11.7 Å². The molecule has 19 heavy (non-hydrogen) atoms. The van der Waals surface area contributed by atoms with Crippen LogP contribution in [0.1, 0.15) is 49.9 Å². The molecule has 0 radical (unpaired) electrons. The Morgan fingerprint density at radius 1 is 1.26 bits per heavy atom. The molecule has 0 unspecified atom stereocenters. The van der Waals surface area contributed by atoms with Crippen LogP contribution in [0.15, 0.2) is 18.2 Å². The summed E-state index contributed by atoms with van der Waals surface area (Å²) in [5, 5.41) is 0. The standard InChI is InChI=1S/C16H23N3/c1-2-11-5-8-14-15(9-11)19-16(18-14)13-6-3-12(10-17)4-7-13/h5,8-9,12-13H,2-4,6-7,10,17H2,1H3,(H,18,19). The molecule has 1 aromatic heterocycles. The third kappa shape index (κ3) is 2.52. The molecule has 1 aromatic carbocycles. The van der Waals surface area contributed by atoms with E-state index in [0.29, 0.717) is 5.92 Å². The maximum Gasteiger partial charge on any atom is 0.110 e. The predicted molar refractivity (Wildman–Crippen MR) is 79.2 cm³/mol. The van der Waals surface area contributed by atoms with Crippen molar-refractivity contribution in [2.45, 2.75) is 44.9 Å². The molecule has 0 saturated heterocycles. The number of aromatic amines is 1. The first-order valence-electron chi connectivity index (χ1n) is 7.48. The van der Waals surface area contributed by atoms with E-state index in [1.165, 1.54) is 42.6 Å². The summed E-state index contributed by atoms with van der Waals surface area (Å²) >= 11 is 0. The average Bonchev–Trinajstić information content (AvgIpc) is 2.90. The Morgan fingerprint density at radius 2 is 2.05 bits per heavy atom. The number of benzene rings is 1. The summed E-state index contributed by atoms with van der Waals surface area (Å²) < 4.78 is 0. The molecule has 1 heterocycles. The number of H-pyrrole nitrogens is 1. The zero-order valence-electron chi connectivity index (χ0n) is 11.7. The Hall–Kier alpha value is -1.35. The molecule has 3 N–H and O–H groups in total. The summed E-state index contributed by atoms with van der Waals surface area (Å²) in [7, 11) is 0. The second-order valence-electron chi connectivity index (χ2n) is 5.78. The van der Waals surface area contributed by atoms with E-state index in [9.17, 15) is 0 Å². The van der Waals surface area contributed by atoms with Crippen LogP contribution < -0.4 is 5.73 Å². The Balaban J connectivity index is 1.81. The number of rotatable bonds is 3. The van der Waals surface area contributed by atoms with Crippen LogP contribution in [0.2, 0.25) is 0 Å². The molecule has 3 nitrogen and oxygen atoms in total. The molecule has 3 heteroatoms. The first kappa shape index (κ1) is 12.7. The van der Waals surface area contributed by atoms with E-state index >= 15 is 0 Å². The second-order valence-corrected chi connectivity index (χ2v) is 5.78. The molecule has 102 valence electrons. The lowest BCUT2D eigenvalue weighted by atomic mass is 9.82. The summed E-state index contributed by atoms with van der Waals surface area (Å²) in [6.07, 6.45) is 6.02. The fourth-order valence-electron chi connectivity index (χ4n) is 3.16. The third-order valence-corrected chi connectivity index (χ3v) is 4.54. The SMILES string of the molecule is CCc1ccc2nc(C3CCC(CN)CC3)[nH]c2c1. The Labute approximate surface area is 114 Å². The fourth-order valence-corrected chi connectivity index (χ4v) is 3.16. The highest BCUT2D eigenvalue weighted by atomic mass is 14.9. The van der Waals surface area contributed by atoms with E-state index in [1.54, 1.807) is 0 Å². The summed E-state index contributed by atoms with van der Waals surface area (Å²) in [5.74, 6) is 2.51. The zero-order chi connectivity index (χ0) is 13.2. The van der Waals surface area contributed by atoms with Gasteiger partial charge in [-0.15, -0.1) is 0 Å². The molecule has 0 aliphatic heterocycles. The van der Waals surface area contributed by atoms with Crippen LogP contribution in [0.5, 0.6) is 0 Å². The largest absolute Gasteiger partial charge is 0.342 e. The summed E-state index contributed by atoms with van der Waals surface area (Å²) in [6, 6.07) is 6.55. The number of aryl methyl sites for hydroxylation is 1. The van der Waals surface area contributed by atoms with Crippen molar-refractivity contribution in [1.29, 1.82) is 0 Å². The molecule has 1 aliphatic carbocycles. The Morgan fingerprint density at radius 3 is 2.74 bits per heavy atom. The van der Waals surface area contributed by atoms with Crippen molar-refractivity contribution in [1.82, 2.24) is 9.97 Å². The molecule has 1 fully saturated rings. The molecule has 1 saturated carbocycles. The van der Waals surface area contributed by atoms with Crippen molar-refractivity contribution in [3.05, 3.63) is 29.6 Å². The number of fused-ring (bicyclic) bond motifs is 1. The summed E-state index contributed by atoms with van der Waals surface area (Å²) in [4.78, 5) is 8.31. The van der Waals surface area contributed by atoms with Gasteiger partial charge in [-0.3, -0.25) is 0 Å². The number of hydrogen-bond acceptors (Lipinski definition) is 2. The first-order chi connectivity index (χ1) is 9.30.